The number of rotatable bonds is 1. The summed E-state index contributed by atoms with van der Waals surface area (Å²) >= 11 is 0. The fraction of sp³-hybridized carbons (Fsp3) is 0.412. The average Bonchev–Trinajstić information content (AvgIpc) is 3.01. The average molecular weight is 280 g/mol. The van der Waals surface area contributed by atoms with Crippen molar-refractivity contribution in [3.63, 3.8) is 0 Å². The summed E-state index contributed by atoms with van der Waals surface area (Å²) in [7, 11) is 2.05. The smallest absolute Gasteiger partial charge is 0.0971 e. The molecule has 1 N–H and O–H groups in total. The molecule has 0 saturated heterocycles. The van der Waals surface area contributed by atoms with Gasteiger partial charge in [0.15, 0.2) is 0 Å². The summed E-state index contributed by atoms with van der Waals surface area (Å²) in [6.45, 7) is 4.65. The Bertz CT molecular complexity index is 823. The Labute approximate surface area is 124 Å². The third-order valence-electron chi connectivity index (χ3n) is 4.67. The minimum atomic E-state index is 0.372. The van der Waals surface area contributed by atoms with E-state index in [4.69, 9.17) is 0 Å². The highest BCUT2D eigenvalue weighted by Gasteiger charge is 2.29. The normalized spacial score (nSPS) is 17.1. The fourth-order valence-electron chi connectivity index (χ4n) is 3.35. The lowest BCUT2D eigenvalue weighted by molar-refractivity contribution is 0.312. The zero-order chi connectivity index (χ0) is 14.6. The van der Waals surface area contributed by atoms with Crippen molar-refractivity contribution in [1.29, 1.82) is 0 Å². The van der Waals surface area contributed by atoms with E-state index in [9.17, 15) is 0 Å². The van der Waals surface area contributed by atoms with Crippen molar-refractivity contribution in [3.05, 3.63) is 35.8 Å². The van der Waals surface area contributed by atoms with E-state index >= 15 is 0 Å². The molecule has 0 radical (unpaired) electrons. The van der Waals surface area contributed by atoms with Gasteiger partial charge in [-0.1, -0.05) is 13.8 Å². The summed E-state index contributed by atoms with van der Waals surface area (Å²) in [6.07, 6.45) is 7.38. The van der Waals surface area contributed by atoms with E-state index in [1.54, 1.807) is 0 Å². The fourth-order valence-corrected chi connectivity index (χ4v) is 3.35. The number of hydrogen-bond acceptors (Lipinski definition) is 2. The van der Waals surface area contributed by atoms with E-state index < -0.39 is 0 Å². The van der Waals surface area contributed by atoms with E-state index in [0.717, 1.165) is 35.1 Å². The number of nitrogens with zero attached hydrogens (tertiary/aromatic N) is 3. The Morgan fingerprint density at radius 1 is 1.33 bits per heavy atom. The van der Waals surface area contributed by atoms with Crippen LogP contribution in [0.4, 0.5) is 0 Å². The standard InChI is InChI=1S/C17H20N4/c1-17(2)6-4-12-14(9-17)19-20-16(12)11-8-15-13(18-10-11)5-7-21(15)3/h5,7-8,10H,4,6,9H2,1-3H3,(H,19,20). The molecule has 3 heterocycles. The Hall–Kier alpha value is -2.10. The summed E-state index contributed by atoms with van der Waals surface area (Å²) in [4.78, 5) is 4.56. The van der Waals surface area contributed by atoms with E-state index in [0.29, 0.717) is 5.41 Å². The third kappa shape index (κ3) is 1.97. The lowest BCUT2D eigenvalue weighted by Gasteiger charge is -2.29. The number of aromatic nitrogens is 4. The van der Waals surface area contributed by atoms with Crippen LogP contribution >= 0.6 is 0 Å². The number of nitrogens with one attached hydrogen (secondary N) is 1. The van der Waals surface area contributed by atoms with Gasteiger partial charge in [-0.25, -0.2) is 0 Å². The molecule has 0 aliphatic heterocycles. The predicted molar refractivity (Wildman–Crippen MR) is 84.1 cm³/mol. The minimum absolute atomic E-state index is 0.372. The summed E-state index contributed by atoms with van der Waals surface area (Å²) in [5.41, 5.74) is 7.43. The quantitative estimate of drug-likeness (QED) is 0.742. The van der Waals surface area contributed by atoms with Gasteiger partial charge in [0, 0.05) is 36.3 Å². The summed E-state index contributed by atoms with van der Waals surface area (Å²) in [6, 6.07) is 4.24. The zero-order valence-corrected chi connectivity index (χ0v) is 12.8. The lowest BCUT2D eigenvalue weighted by atomic mass is 9.76. The van der Waals surface area contributed by atoms with Gasteiger partial charge in [-0.05, 0) is 36.8 Å². The molecule has 3 aromatic heterocycles. The second-order valence-electron chi connectivity index (χ2n) is 6.93. The van der Waals surface area contributed by atoms with Gasteiger partial charge in [-0.15, -0.1) is 0 Å². The van der Waals surface area contributed by atoms with Crippen LogP contribution in [0.15, 0.2) is 24.5 Å². The predicted octanol–water partition coefficient (Wildman–Crippen LogP) is 3.48. The zero-order valence-electron chi connectivity index (χ0n) is 12.8. The van der Waals surface area contributed by atoms with Crippen molar-refractivity contribution < 1.29 is 0 Å². The molecule has 1 aliphatic rings. The van der Waals surface area contributed by atoms with Crippen molar-refractivity contribution in [1.82, 2.24) is 19.7 Å². The number of aromatic amines is 1. The van der Waals surface area contributed by atoms with Crippen LogP contribution in [0.1, 0.15) is 31.5 Å². The molecule has 0 saturated carbocycles. The van der Waals surface area contributed by atoms with Gasteiger partial charge in [0.25, 0.3) is 0 Å². The van der Waals surface area contributed by atoms with E-state index in [1.807, 2.05) is 18.5 Å². The topological polar surface area (TPSA) is 46.5 Å². The monoisotopic (exact) mass is 280 g/mol. The van der Waals surface area contributed by atoms with Gasteiger partial charge in [0.1, 0.15) is 0 Å². The Kier molecular flexibility index (Phi) is 2.52. The molecule has 108 valence electrons. The van der Waals surface area contributed by atoms with E-state index in [-0.39, 0.29) is 0 Å². The van der Waals surface area contributed by atoms with Crippen molar-refractivity contribution in [2.24, 2.45) is 12.5 Å². The molecule has 4 heteroatoms. The van der Waals surface area contributed by atoms with Crippen LogP contribution in [-0.2, 0) is 19.9 Å². The molecule has 0 spiro atoms. The van der Waals surface area contributed by atoms with Gasteiger partial charge in [0.05, 0.1) is 16.7 Å². The molecule has 3 aromatic rings. The van der Waals surface area contributed by atoms with E-state index in [1.165, 1.54) is 17.7 Å². The first-order valence-electron chi connectivity index (χ1n) is 7.51. The third-order valence-corrected chi connectivity index (χ3v) is 4.67. The Morgan fingerprint density at radius 2 is 2.19 bits per heavy atom. The maximum absolute atomic E-state index is 4.58. The number of fused-ring (bicyclic) bond motifs is 2. The molecule has 4 rings (SSSR count). The first-order valence-corrected chi connectivity index (χ1v) is 7.51. The molecule has 1 aliphatic carbocycles. The molecule has 0 amide bonds. The molecule has 0 bridgehead atoms. The van der Waals surface area contributed by atoms with Crippen molar-refractivity contribution in [2.45, 2.75) is 33.1 Å². The number of aryl methyl sites for hydroxylation is 1. The van der Waals surface area contributed by atoms with Crippen molar-refractivity contribution in [2.75, 3.05) is 0 Å². The summed E-state index contributed by atoms with van der Waals surface area (Å²) < 4.78 is 2.11. The maximum atomic E-state index is 4.58. The number of pyridine rings is 1. The molecular formula is C17H20N4. The molecule has 0 unspecified atom stereocenters. The molecular weight excluding hydrogens is 260 g/mol. The van der Waals surface area contributed by atoms with Gasteiger partial charge < -0.3 is 4.57 Å². The highest BCUT2D eigenvalue weighted by atomic mass is 15.1. The first-order chi connectivity index (χ1) is 10.0. The van der Waals surface area contributed by atoms with Crippen LogP contribution in [0.2, 0.25) is 0 Å². The van der Waals surface area contributed by atoms with Crippen molar-refractivity contribution in [3.8, 4) is 11.3 Å². The van der Waals surface area contributed by atoms with Crippen LogP contribution < -0.4 is 0 Å². The van der Waals surface area contributed by atoms with Crippen LogP contribution in [0.5, 0.6) is 0 Å². The highest BCUT2D eigenvalue weighted by molar-refractivity contribution is 5.81. The minimum Gasteiger partial charge on any atom is -0.349 e. The van der Waals surface area contributed by atoms with Gasteiger partial charge in [0.2, 0.25) is 0 Å². The molecule has 0 aromatic carbocycles. The molecule has 21 heavy (non-hydrogen) atoms. The van der Waals surface area contributed by atoms with Crippen LogP contribution in [0.3, 0.4) is 0 Å². The largest absolute Gasteiger partial charge is 0.349 e. The SMILES string of the molecule is Cn1ccc2ncc(-c3n[nH]c4c3CCC(C)(C)C4)cc21. The molecule has 4 nitrogen and oxygen atoms in total. The number of hydrogen-bond donors (Lipinski definition) is 1. The van der Waals surface area contributed by atoms with Gasteiger partial charge in [-0.2, -0.15) is 5.10 Å². The Morgan fingerprint density at radius 3 is 3.05 bits per heavy atom. The summed E-state index contributed by atoms with van der Waals surface area (Å²) in [5.74, 6) is 0. The first kappa shape index (κ1) is 12.6. The highest BCUT2D eigenvalue weighted by Crippen LogP contribution is 2.37. The summed E-state index contributed by atoms with van der Waals surface area (Å²) in [5, 5.41) is 7.83. The van der Waals surface area contributed by atoms with Crippen molar-refractivity contribution >= 4 is 11.0 Å². The van der Waals surface area contributed by atoms with Crippen LogP contribution in [0, 0.1) is 5.41 Å². The molecule has 0 fully saturated rings. The number of H-pyrrole nitrogens is 1. The lowest BCUT2D eigenvalue weighted by Crippen LogP contribution is -2.21. The molecule has 0 atom stereocenters. The van der Waals surface area contributed by atoms with Gasteiger partial charge >= 0.3 is 0 Å². The maximum Gasteiger partial charge on any atom is 0.0971 e. The van der Waals surface area contributed by atoms with E-state index in [2.05, 4.69) is 46.7 Å². The second-order valence-corrected chi connectivity index (χ2v) is 6.93. The van der Waals surface area contributed by atoms with Crippen LogP contribution in [0.25, 0.3) is 22.3 Å². The van der Waals surface area contributed by atoms with Gasteiger partial charge in [-0.3, -0.25) is 10.1 Å². The van der Waals surface area contributed by atoms with Crippen LogP contribution in [-0.4, -0.2) is 19.7 Å². The Balaban J connectivity index is 1.83. The second kappa shape index (κ2) is 4.20.